The van der Waals surface area contributed by atoms with Gasteiger partial charge in [-0.2, -0.15) is 5.10 Å². The number of H-pyrrole nitrogens is 1. The SMILES string of the molecule is Cc1cccc(Nc2ccc(NS(=O)(=O)c3c(C)n[nH]c3C)cc2)c1C. The summed E-state index contributed by atoms with van der Waals surface area (Å²) in [6, 6.07) is 13.2. The lowest BCUT2D eigenvalue weighted by Crippen LogP contribution is -2.14. The van der Waals surface area contributed by atoms with E-state index < -0.39 is 10.0 Å². The zero-order chi connectivity index (χ0) is 18.9. The summed E-state index contributed by atoms with van der Waals surface area (Å²) in [4.78, 5) is 0.190. The Hall–Kier alpha value is -2.80. The summed E-state index contributed by atoms with van der Waals surface area (Å²) >= 11 is 0. The number of aromatic amines is 1. The van der Waals surface area contributed by atoms with Gasteiger partial charge in [0.2, 0.25) is 0 Å². The van der Waals surface area contributed by atoms with Gasteiger partial charge in [0.05, 0.1) is 11.4 Å². The number of benzene rings is 2. The highest BCUT2D eigenvalue weighted by molar-refractivity contribution is 7.92. The number of sulfonamides is 1. The average molecular weight is 370 g/mol. The molecule has 0 saturated heterocycles. The van der Waals surface area contributed by atoms with Crippen molar-refractivity contribution in [3.8, 4) is 0 Å². The van der Waals surface area contributed by atoms with Gasteiger partial charge in [-0.1, -0.05) is 12.1 Å². The Morgan fingerprint density at radius 2 is 1.58 bits per heavy atom. The molecule has 0 atom stereocenters. The van der Waals surface area contributed by atoms with Gasteiger partial charge in [0.25, 0.3) is 10.0 Å². The van der Waals surface area contributed by atoms with E-state index in [9.17, 15) is 8.42 Å². The predicted molar refractivity (Wildman–Crippen MR) is 105 cm³/mol. The molecule has 0 radical (unpaired) electrons. The van der Waals surface area contributed by atoms with Crippen molar-refractivity contribution in [2.75, 3.05) is 10.0 Å². The summed E-state index contributed by atoms with van der Waals surface area (Å²) in [7, 11) is -3.68. The molecule has 0 spiro atoms. The lowest BCUT2D eigenvalue weighted by atomic mass is 10.1. The fraction of sp³-hybridized carbons (Fsp3) is 0.211. The van der Waals surface area contributed by atoms with E-state index >= 15 is 0 Å². The summed E-state index contributed by atoms with van der Waals surface area (Å²) < 4.78 is 27.7. The molecule has 0 amide bonds. The van der Waals surface area contributed by atoms with Crippen LogP contribution in [0, 0.1) is 27.7 Å². The first-order valence-corrected chi connectivity index (χ1v) is 9.74. The highest BCUT2D eigenvalue weighted by Crippen LogP contribution is 2.25. The first-order chi connectivity index (χ1) is 12.3. The quantitative estimate of drug-likeness (QED) is 0.628. The third-order valence-electron chi connectivity index (χ3n) is 4.35. The van der Waals surface area contributed by atoms with E-state index in [2.05, 4.69) is 40.2 Å². The van der Waals surface area contributed by atoms with Crippen LogP contribution in [0.1, 0.15) is 22.5 Å². The average Bonchev–Trinajstić information content (AvgIpc) is 2.93. The monoisotopic (exact) mass is 370 g/mol. The Balaban J connectivity index is 1.79. The van der Waals surface area contributed by atoms with Crippen molar-refractivity contribution in [1.82, 2.24) is 10.2 Å². The second-order valence-electron chi connectivity index (χ2n) is 6.32. The predicted octanol–water partition coefficient (Wildman–Crippen LogP) is 4.19. The summed E-state index contributed by atoms with van der Waals surface area (Å²) in [5.74, 6) is 0. The largest absolute Gasteiger partial charge is 0.355 e. The Morgan fingerprint density at radius 1 is 0.923 bits per heavy atom. The van der Waals surface area contributed by atoms with E-state index in [0.717, 1.165) is 11.4 Å². The summed E-state index contributed by atoms with van der Waals surface area (Å²) in [6.45, 7) is 7.48. The van der Waals surface area contributed by atoms with E-state index in [1.807, 2.05) is 24.3 Å². The van der Waals surface area contributed by atoms with Crippen molar-refractivity contribution in [3.05, 3.63) is 65.0 Å². The van der Waals surface area contributed by atoms with Crippen LogP contribution in [0.25, 0.3) is 0 Å². The maximum atomic E-state index is 12.6. The summed E-state index contributed by atoms with van der Waals surface area (Å²) in [6.07, 6.45) is 0. The van der Waals surface area contributed by atoms with Crippen LogP contribution >= 0.6 is 0 Å². The van der Waals surface area contributed by atoms with Crippen LogP contribution in [0.2, 0.25) is 0 Å². The number of nitrogens with zero attached hydrogens (tertiary/aromatic N) is 1. The van der Waals surface area contributed by atoms with Crippen molar-refractivity contribution in [1.29, 1.82) is 0 Å². The molecule has 0 fully saturated rings. The molecule has 136 valence electrons. The standard InChI is InChI=1S/C19H22N4O2S/c1-12-6-5-7-18(13(12)2)20-16-8-10-17(11-9-16)23-26(24,25)19-14(3)21-22-15(19)4/h5-11,20,23H,1-4H3,(H,21,22). The Labute approximate surface area is 153 Å². The Morgan fingerprint density at radius 3 is 2.19 bits per heavy atom. The van der Waals surface area contributed by atoms with Crippen molar-refractivity contribution in [3.63, 3.8) is 0 Å². The van der Waals surface area contributed by atoms with Crippen molar-refractivity contribution < 1.29 is 8.42 Å². The van der Waals surface area contributed by atoms with E-state index in [0.29, 0.717) is 17.1 Å². The van der Waals surface area contributed by atoms with Gasteiger partial charge in [-0.3, -0.25) is 9.82 Å². The molecule has 2 aromatic carbocycles. The lowest BCUT2D eigenvalue weighted by molar-refractivity contribution is 0.600. The number of aryl methyl sites for hydroxylation is 3. The van der Waals surface area contributed by atoms with Crippen molar-refractivity contribution in [2.24, 2.45) is 0 Å². The highest BCUT2D eigenvalue weighted by atomic mass is 32.2. The first kappa shape index (κ1) is 18.0. The molecule has 3 rings (SSSR count). The molecule has 1 heterocycles. The normalized spacial score (nSPS) is 11.4. The zero-order valence-corrected chi connectivity index (χ0v) is 16.0. The van der Waals surface area contributed by atoms with Crippen LogP contribution < -0.4 is 10.0 Å². The van der Waals surface area contributed by atoms with Gasteiger partial charge >= 0.3 is 0 Å². The molecule has 0 bridgehead atoms. The fourth-order valence-corrected chi connectivity index (χ4v) is 4.24. The van der Waals surface area contributed by atoms with Crippen LogP contribution in [0.5, 0.6) is 0 Å². The molecular formula is C19H22N4O2S. The molecular weight excluding hydrogens is 348 g/mol. The van der Waals surface area contributed by atoms with Crippen molar-refractivity contribution in [2.45, 2.75) is 32.6 Å². The smallest absolute Gasteiger partial charge is 0.265 e. The Bertz CT molecular complexity index is 1020. The zero-order valence-electron chi connectivity index (χ0n) is 15.2. The molecule has 0 aliphatic carbocycles. The number of aromatic nitrogens is 2. The summed E-state index contributed by atoms with van der Waals surface area (Å²) in [5, 5.41) is 10.00. The maximum Gasteiger partial charge on any atom is 0.265 e. The maximum absolute atomic E-state index is 12.6. The third kappa shape index (κ3) is 3.57. The van der Waals surface area contributed by atoms with Crippen LogP contribution in [-0.2, 0) is 10.0 Å². The minimum absolute atomic E-state index is 0.190. The van der Waals surface area contributed by atoms with Crippen LogP contribution in [0.3, 0.4) is 0 Å². The number of hydrogen-bond acceptors (Lipinski definition) is 4. The van der Waals surface area contributed by atoms with E-state index in [1.165, 1.54) is 11.1 Å². The molecule has 3 N–H and O–H groups in total. The van der Waals surface area contributed by atoms with Gasteiger partial charge < -0.3 is 5.32 Å². The van der Waals surface area contributed by atoms with Crippen LogP contribution in [0.4, 0.5) is 17.1 Å². The minimum atomic E-state index is -3.68. The van der Waals surface area contributed by atoms with Gasteiger partial charge in [-0.15, -0.1) is 0 Å². The lowest BCUT2D eigenvalue weighted by Gasteiger charge is -2.13. The van der Waals surface area contributed by atoms with Gasteiger partial charge in [0, 0.05) is 17.1 Å². The number of hydrogen-bond donors (Lipinski definition) is 3. The molecule has 3 aromatic rings. The third-order valence-corrected chi connectivity index (χ3v) is 5.99. The minimum Gasteiger partial charge on any atom is -0.355 e. The second-order valence-corrected chi connectivity index (χ2v) is 7.94. The molecule has 0 aliphatic rings. The Kier molecular flexibility index (Phi) is 4.73. The molecule has 26 heavy (non-hydrogen) atoms. The summed E-state index contributed by atoms with van der Waals surface area (Å²) in [5.41, 5.74) is 5.77. The fourth-order valence-electron chi connectivity index (χ4n) is 2.81. The molecule has 6 nitrogen and oxygen atoms in total. The molecule has 7 heteroatoms. The van der Waals surface area contributed by atoms with Gasteiger partial charge in [-0.05, 0) is 69.2 Å². The molecule has 0 unspecified atom stereocenters. The van der Waals surface area contributed by atoms with Gasteiger partial charge in [0.1, 0.15) is 4.90 Å². The number of anilines is 3. The number of nitrogens with one attached hydrogen (secondary N) is 3. The van der Waals surface area contributed by atoms with E-state index in [-0.39, 0.29) is 4.90 Å². The number of rotatable bonds is 5. The topological polar surface area (TPSA) is 86.9 Å². The van der Waals surface area contributed by atoms with E-state index in [4.69, 9.17) is 0 Å². The first-order valence-electron chi connectivity index (χ1n) is 8.25. The van der Waals surface area contributed by atoms with Crippen molar-refractivity contribution >= 4 is 27.1 Å². The molecule has 0 saturated carbocycles. The van der Waals surface area contributed by atoms with Gasteiger partial charge in [-0.25, -0.2) is 8.42 Å². The van der Waals surface area contributed by atoms with E-state index in [1.54, 1.807) is 26.0 Å². The van der Waals surface area contributed by atoms with Crippen LogP contribution in [0.15, 0.2) is 47.4 Å². The highest BCUT2D eigenvalue weighted by Gasteiger charge is 2.22. The molecule has 0 aliphatic heterocycles. The van der Waals surface area contributed by atoms with Crippen LogP contribution in [-0.4, -0.2) is 18.6 Å². The molecule has 1 aromatic heterocycles. The second kappa shape index (κ2) is 6.84. The van der Waals surface area contributed by atoms with Gasteiger partial charge in [0.15, 0.2) is 0 Å².